The normalized spacial score (nSPS) is 54.5. The minimum absolute atomic E-state index is 0.0754. The highest BCUT2D eigenvalue weighted by Crippen LogP contribution is 2.76. The van der Waals surface area contributed by atoms with Gasteiger partial charge in [0.1, 0.15) is 85.5 Å². The maximum Gasteiger partial charge on any atom is 0.315 e. The third-order valence-corrected chi connectivity index (χ3v) is 21.2. The first kappa shape index (κ1) is 58.1. The molecule has 430 valence electrons. The summed E-state index contributed by atoms with van der Waals surface area (Å²) >= 11 is 0. The fourth-order valence-corrected chi connectivity index (χ4v) is 16.2. The molecule has 0 bridgehead atoms. The molecule has 13 N–H and O–H groups in total. The summed E-state index contributed by atoms with van der Waals surface area (Å²) in [7, 11) is 0. The molecule has 4 aliphatic heterocycles. The van der Waals surface area contributed by atoms with E-state index in [1.165, 1.54) is 6.92 Å². The van der Waals surface area contributed by atoms with Crippen LogP contribution in [0.5, 0.6) is 0 Å². The van der Waals surface area contributed by atoms with Crippen molar-refractivity contribution < 1.29 is 109 Å². The molecule has 0 aromatic carbocycles. The average Bonchev–Trinajstić information content (AvgIpc) is 3.38. The predicted octanol–water partition coefficient (Wildman–Crippen LogP) is -1.40. The minimum atomic E-state index is -1.84. The predicted molar refractivity (Wildman–Crippen MR) is 257 cm³/mol. The zero-order chi connectivity index (χ0) is 54.9. The van der Waals surface area contributed by atoms with Crippen LogP contribution in [0.1, 0.15) is 113 Å². The lowest BCUT2D eigenvalue weighted by Gasteiger charge is -2.71. The van der Waals surface area contributed by atoms with E-state index in [-0.39, 0.29) is 29.3 Å². The Morgan fingerprint density at radius 1 is 0.600 bits per heavy atom. The van der Waals surface area contributed by atoms with Crippen LogP contribution >= 0.6 is 0 Å². The van der Waals surface area contributed by atoms with E-state index >= 15 is 0 Å². The lowest BCUT2D eigenvalue weighted by Crippen LogP contribution is -2.68. The molecule has 0 amide bonds. The summed E-state index contributed by atoms with van der Waals surface area (Å²) in [6.07, 6.45) is -23.5. The lowest BCUT2D eigenvalue weighted by atomic mass is 9.33. The molecule has 4 saturated heterocycles. The molecule has 4 saturated carbocycles. The van der Waals surface area contributed by atoms with Crippen LogP contribution in [0.15, 0.2) is 11.6 Å². The van der Waals surface area contributed by atoms with E-state index in [9.17, 15) is 71.2 Å². The number of aliphatic hydroxyl groups excluding tert-OH is 13. The summed E-state index contributed by atoms with van der Waals surface area (Å²) in [5.41, 5.74) is -2.34. The summed E-state index contributed by atoms with van der Waals surface area (Å²) in [5.74, 6) is -1.09. The van der Waals surface area contributed by atoms with E-state index < -0.39 is 176 Å². The van der Waals surface area contributed by atoms with E-state index in [1.54, 1.807) is 0 Å². The topological polar surface area (TPSA) is 354 Å². The average molecular weight is 1080 g/mol. The van der Waals surface area contributed by atoms with Crippen LogP contribution in [0, 0.1) is 50.2 Å². The van der Waals surface area contributed by atoms with E-state index in [4.69, 9.17) is 37.9 Å². The Balaban J connectivity index is 0.984. The fourth-order valence-electron chi connectivity index (χ4n) is 16.2. The number of carbonyl (C=O) groups excluding carboxylic acids is 1. The van der Waals surface area contributed by atoms with Crippen LogP contribution < -0.4 is 0 Å². The van der Waals surface area contributed by atoms with Crippen LogP contribution in [0.2, 0.25) is 0 Å². The Kier molecular flexibility index (Phi) is 16.1. The monoisotopic (exact) mass is 1070 g/mol. The van der Waals surface area contributed by atoms with Crippen LogP contribution in [-0.4, -0.2) is 221 Å². The Bertz CT molecular complexity index is 2070. The maximum atomic E-state index is 14.8. The number of allylic oxidation sites excluding steroid dienone is 1. The Morgan fingerprint density at radius 3 is 1.79 bits per heavy atom. The van der Waals surface area contributed by atoms with Gasteiger partial charge in [-0.3, -0.25) is 4.79 Å². The summed E-state index contributed by atoms with van der Waals surface area (Å²) in [6, 6.07) is 0. The van der Waals surface area contributed by atoms with Gasteiger partial charge in [0.2, 0.25) is 6.29 Å². The highest BCUT2D eigenvalue weighted by atomic mass is 16.8. The van der Waals surface area contributed by atoms with Gasteiger partial charge in [-0.25, -0.2) is 0 Å². The summed E-state index contributed by atoms with van der Waals surface area (Å²) in [5, 5.41) is 140. The number of hydrogen-bond acceptors (Lipinski definition) is 22. The van der Waals surface area contributed by atoms with Gasteiger partial charge in [-0.15, -0.1) is 0 Å². The maximum absolute atomic E-state index is 14.8. The number of ether oxygens (including phenoxy) is 8. The van der Waals surface area contributed by atoms with Crippen molar-refractivity contribution in [2.75, 3.05) is 19.8 Å². The van der Waals surface area contributed by atoms with E-state index in [0.717, 1.165) is 24.8 Å². The second-order valence-electron chi connectivity index (χ2n) is 25.8. The van der Waals surface area contributed by atoms with Gasteiger partial charge in [-0.2, -0.15) is 0 Å². The van der Waals surface area contributed by atoms with Crippen molar-refractivity contribution in [2.24, 2.45) is 50.2 Å². The smallest absolute Gasteiger partial charge is 0.315 e. The van der Waals surface area contributed by atoms with Gasteiger partial charge in [0.15, 0.2) is 18.9 Å². The molecule has 22 heteroatoms. The molecule has 8 fully saturated rings. The summed E-state index contributed by atoms with van der Waals surface area (Å²) < 4.78 is 48.8. The van der Waals surface area contributed by atoms with Crippen LogP contribution in [0.4, 0.5) is 0 Å². The van der Waals surface area contributed by atoms with Gasteiger partial charge < -0.3 is 104 Å². The molecular weight excluding hydrogens is 989 g/mol. The Hall–Kier alpha value is -1.59. The molecule has 9 rings (SSSR count). The van der Waals surface area contributed by atoms with Crippen molar-refractivity contribution in [1.82, 2.24) is 0 Å². The number of hydrogen-bond donors (Lipinski definition) is 13. The van der Waals surface area contributed by atoms with Crippen molar-refractivity contribution in [3.63, 3.8) is 0 Å². The molecule has 0 unspecified atom stereocenters. The number of esters is 1. The zero-order valence-corrected chi connectivity index (χ0v) is 44.4. The van der Waals surface area contributed by atoms with Crippen molar-refractivity contribution in [1.29, 1.82) is 0 Å². The highest BCUT2D eigenvalue weighted by molar-refractivity contribution is 5.79. The van der Waals surface area contributed by atoms with E-state index in [0.29, 0.717) is 38.5 Å². The summed E-state index contributed by atoms with van der Waals surface area (Å²) in [6.45, 7) is 15.0. The standard InChI is InChI=1S/C53H86O22/c1-22-31(57)34(60)37(63)43(69-22)74-41-40(73-44-38(64)35(61)32(58)25(19-54)70-44)24(56)21-68-46(41)72-29-12-13-50(6)27(49(29,4)5)11-14-52(8)28(50)10-9-23-30-42(66)48(2,3)15-17-53(30,18-16-51(23,52)7)47(67)75-45-39(65)36(62)33(59)26(20-55)71-45/h9,22,24-46,54-66H,10-21H2,1-8H3/t22-,24-,25+,26+,27-,28+,29-,30+,31-,32+,33+,34+,35-,36-,37+,38+,39+,40-,41+,42-,43-,44-,45-,46+,50-,51+,52+,53-/m0/s1. The number of fused-ring (bicyclic) bond motifs is 7. The quantitative estimate of drug-likeness (QED) is 0.0680. The molecule has 5 aliphatic carbocycles. The first-order valence-corrected chi connectivity index (χ1v) is 27.2. The molecule has 75 heavy (non-hydrogen) atoms. The van der Waals surface area contributed by atoms with E-state index in [1.807, 2.05) is 13.8 Å². The largest absolute Gasteiger partial charge is 0.432 e. The highest BCUT2D eigenvalue weighted by Gasteiger charge is 2.71. The first-order valence-electron chi connectivity index (χ1n) is 27.2. The minimum Gasteiger partial charge on any atom is -0.432 e. The molecule has 0 spiro atoms. The molecule has 0 radical (unpaired) electrons. The van der Waals surface area contributed by atoms with Gasteiger partial charge in [-0.05, 0) is 104 Å². The van der Waals surface area contributed by atoms with Crippen molar-refractivity contribution in [3.05, 3.63) is 11.6 Å². The summed E-state index contributed by atoms with van der Waals surface area (Å²) in [4.78, 5) is 14.8. The zero-order valence-electron chi connectivity index (χ0n) is 44.4. The molecule has 4 heterocycles. The van der Waals surface area contributed by atoms with Gasteiger partial charge in [0, 0.05) is 5.92 Å². The SMILES string of the molecule is C[C@@H]1O[C@@H](O[C@H]2[C@@H](O[C@H]3CC[C@]4(C)[C@H]5CC=C6[C@@H]7[C@H](O)C(C)(C)CC[C@]7(C(=O)O[C@@H]7O[C@H](CO)[C@@H](O)[C@H](O)[C@H]7O)CC[C@@]6(C)[C@]5(C)CC[C@H]4C3(C)C)OC[C@H](O)[C@@H]2O[C@@H]2O[C@H](CO)[C@@H](O)[C@H](O)[C@H]2O)[C@H](O)[C@H](O)[C@H]1O. The van der Waals surface area contributed by atoms with Crippen LogP contribution in [-0.2, 0) is 42.7 Å². The first-order chi connectivity index (χ1) is 35.0. The van der Waals surface area contributed by atoms with E-state index in [2.05, 4.69) is 40.7 Å². The van der Waals surface area contributed by atoms with Gasteiger partial charge >= 0.3 is 5.97 Å². The Labute approximate surface area is 437 Å². The van der Waals surface area contributed by atoms with Gasteiger partial charge in [0.25, 0.3) is 0 Å². The molecule has 28 atom stereocenters. The van der Waals surface area contributed by atoms with Crippen molar-refractivity contribution >= 4 is 5.97 Å². The second kappa shape index (κ2) is 20.7. The van der Waals surface area contributed by atoms with Crippen molar-refractivity contribution in [3.8, 4) is 0 Å². The molecular formula is C53H86O22. The Morgan fingerprint density at radius 2 is 1.16 bits per heavy atom. The van der Waals surface area contributed by atoms with Crippen molar-refractivity contribution in [2.45, 2.75) is 242 Å². The number of rotatable bonds is 10. The molecule has 22 nitrogen and oxygen atoms in total. The van der Waals surface area contributed by atoms with Gasteiger partial charge in [0.05, 0.1) is 43.5 Å². The number of carbonyl (C=O) groups is 1. The molecule has 0 aromatic heterocycles. The third kappa shape index (κ3) is 9.21. The van der Waals surface area contributed by atoms with Crippen LogP contribution in [0.3, 0.4) is 0 Å². The second-order valence-corrected chi connectivity index (χ2v) is 25.8. The molecule has 9 aliphatic rings. The molecule has 0 aromatic rings. The van der Waals surface area contributed by atoms with Gasteiger partial charge in [-0.1, -0.05) is 60.1 Å². The lowest BCUT2D eigenvalue weighted by molar-refractivity contribution is -0.388. The van der Waals surface area contributed by atoms with Crippen LogP contribution in [0.25, 0.3) is 0 Å². The number of aliphatic hydroxyl groups is 13. The third-order valence-electron chi connectivity index (χ3n) is 21.2. The fraction of sp³-hybridized carbons (Fsp3) is 0.943.